The summed E-state index contributed by atoms with van der Waals surface area (Å²) in [6, 6.07) is 11.3. The Kier molecular flexibility index (Phi) is 2.99. The molecule has 0 saturated heterocycles. The smallest absolute Gasteiger partial charge is 0.257 e. The van der Waals surface area contributed by atoms with E-state index in [1.165, 1.54) is 0 Å². The van der Waals surface area contributed by atoms with E-state index in [4.69, 9.17) is 4.42 Å². The van der Waals surface area contributed by atoms with Gasteiger partial charge in [0.1, 0.15) is 5.76 Å². The standard InChI is InChI=1S/C15H16N2O2/c1-2-9-17-14(13-8-5-10-19-13)16-12-7-4-3-6-11(12)15(17)18/h3-8,10,14,16H,2,9H2,1H3. The number of hydrogen-bond acceptors (Lipinski definition) is 3. The van der Waals surface area contributed by atoms with Gasteiger partial charge < -0.3 is 14.6 Å². The Morgan fingerprint density at radius 3 is 2.84 bits per heavy atom. The fraction of sp³-hybridized carbons (Fsp3) is 0.267. The molecule has 0 aliphatic carbocycles. The highest BCUT2D eigenvalue weighted by molar-refractivity contribution is 6.01. The third kappa shape index (κ3) is 1.99. The van der Waals surface area contributed by atoms with Gasteiger partial charge >= 0.3 is 0 Å². The van der Waals surface area contributed by atoms with E-state index in [1.807, 2.05) is 41.3 Å². The van der Waals surface area contributed by atoms with Crippen LogP contribution < -0.4 is 5.32 Å². The first kappa shape index (κ1) is 11.8. The van der Waals surface area contributed by atoms with E-state index in [2.05, 4.69) is 12.2 Å². The molecule has 4 heteroatoms. The minimum Gasteiger partial charge on any atom is -0.465 e. The van der Waals surface area contributed by atoms with Crippen molar-refractivity contribution in [2.75, 3.05) is 11.9 Å². The van der Waals surface area contributed by atoms with Gasteiger partial charge in [0, 0.05) is 12.2 Å². The zero-order valence-electron chi connectivity index (χ0n) is 10.8. The Hall–Kier alpha value is -2.23. The van der Waals surface area contributed by atoms with Crippen molar-refractivity contribution in [3.05, 3.63) is 54.0 Å². The number of nitrogens with one attached hydrogen (secondary N) is 1. The van der Waals surface area contributed by atoms with Crippen LogP contribution in [0.3, 0.4) is 0 Å². The number of amides is 1. The Labute approximate surface area is 112 Å². The van der Waals surface area contributed by atoms with Gasteiger partial charge in [0.15, 0.2) is 6.17 Å². The number of hydrogen-bond donors (Lipinski definition) is 1. The van der Waals surface area contributed by atoms with Crippen molar-refractivity contribution in [3.63, 3.8) is 0 Å². The maximum absolute atomic E-state index is 12.6. The highest BCUT2D eigenvalue weighted by Crippen LogP contribution is 2.33. The number of rotatable bonds is 3. The van der Waals surface area contributed by atoms with Crippen molar-refractivity contribution in [2.24, 2.45) is 0 Å². The van der Waals surface area contributed by atoms with Crippen LogP contribution in [0.2, 0.25) is 0 Å². The number of benzene rings is 1. The molecule has 2 heterocycles. The maximum atomic E-state index is 12.6. The summed E-state index contributed by atoms with van der Waals surface area (Å²) in [6.07, 6.45) is 2.32. The average molecular weight is 256 g/mol. The summed E-state index contributed by atoms with van der Waals surface area (Å²) in [5.74, 6) is 0.814. The predicted molar refractivity (Wildman–Crippen MR) is 72.8 cm³/mol. The molecule has 0 saturated carbocycles. The Bertz CT molecular complexity index is 578. The van der Waals surface area contributed by atoms with Crippen LogP contribution in [-0.2, 0) is 0 Å². The lowest BCUT2D eigenvalue weighted by atomic mass is 10.1. The van der Waals surface area contributed by atoms with Crippen molar-refractivity contribution in [1.82, 2.24) is 4.90 Å². The van der Waals surface area contributed by atoms with E-state index in [1.54, 1.807) is 6.26 Å². The molecule has 4 nitrogen and oxygen atoms in total. The summed E-state index contributed by atoms with van der Waals surface area (Å²) < 4.78 is 5.46. The molecule has 0 radical (unpaired) electrons. The van der Waals surface area contributed by atoms with Crippen molar-refractivity contribution < 1.29 is 9.21 Å². The number of anilines is 1. The van der Waals surface area contributed by atoms with E-state index in [-0.39, 0.29) is 12.1 Å². The highest BCUT2D eigenvalue weighted by atomic mass is 16.3. The molecule has 1 aliphatic heterocycles. The van der Waals surface area contributed by atoms with Crippen LogP contribution in [0.4, 0.5) is 5.69 Å². The van der Waals surface area contributed by atoms with Gasteiger partial charge in [0.2, 0.25) is 0 Å². The molecule has 1 aromatic heterocycles. The molecule has 1 aliphatic rings. The Morgan fingerprint density at radius 1 is 1.26 bits per heavy atom. The number of carbonyl (C=O) groups is 1. The van der Waals surface area contributed by atoms with Crippen molar-refractivity contribution in [1.29, 1.82) is 0 Å². The first-order valence-corrected chi connectivity index (χ1v) is 6.51. The molecule has 0 fully saturated rings. The minimum absolute atomic E-state index is 0.0533. The first-order chi connectivity index (χ1) is 9.31. The molecule has 0 bridgehead atoms. The van der Waals surface area contributed by atoms with E-state index in [0.29, 0.717) is 6.54 Å². The Balaban J connectivity index is 2.03. The second-order valence-corrected chi connectivity index (χ2v) is 4.61. The summed E-state index contributed by atoms with van der Waals surface area (Å²) >= 11 is 0. The number of furan rings is 1. The van der Waals surface area contributed by atoms with Crippen molar-refractivity contribution >= 4 is 11.6 Å². The summed E-state index contributed by atoms with van der Waals surface area (Å²) in [7, 11) is 0. The fourth-order valence-electron chi connectivity index (χ4n) is 2.44. The van der Waals surface area contributed by atoms with E-state index in [9.17, 15) is 4.79 Å². The second-order valence-electron chi connectivity index (χ2n) is 4.61. The van der Waals surface area contributed by atoms with Crippen LogP contribution in [0, 0.1) is 0 Å². The zero-order chi connectivity index (χ0) is 13.2. The largest absolute Gasteiger partial charge is 0.465 e. The van der Waals surface area contributed by atoms with Crippen LogP contribution >= 0.6 is 0 Å². The lowest BCUT2D eigenvalue weighted by Gasteiger charge is -2.36. The van der Waals surface area contributed by atoms with Crippen molar-refractivity contribution in [3.8, 4) is 0 Å². The van der Waals surface area contributed by atoms with Gasteiger partial charge in [-0.2, -0.15) is 0 Å². The topological polar surface area (TPSA) is 45.5 Å². The highest BCUT2D eigenvalue weighted by Gasteiger charge is 2.33. The van der Waals surface area contributed by atoms with Crippen LogP contribution in [0.1, 0.15) is 35.6 Å². The van der Waals surface area contributed by atoms with Gasteiger partial charge in [-0.1, -0.05) is 19.1 Å². The maximum Gasteiger partial charge on any atom is 0.257 e. The van der Waals surface area contributed by atoms with Crippen LogP contribution in [0.25, 0.3) is 0 Å². The molecule has 1 amide bonds. The molecule has 0 spiro atoms. The normalized spacial score (nSPS) is 18.1. The quantitative estimate of drug-likeness (QED) is 0.916. The third-order valence-electron chi connectivity index (χ3n) is 3.30. The van der Waals surface area contributed by atoms with Crippen LogP contribution in [-0.4, -0.2) is 17.4 Å². The third-order valence-corrected chi connectivity index (χ3v) is 3.30. The number of nitrogens with zero attached hydrogens (tertiary/aromatic N) is 1. The summed E-state index contributed by atoms with van der Waals surface area (Å²) in [5.41, 5.74) is 1.58. The molecule has 1 unspecified atom stereocenters. The molecular formula is C15H16N2O2. The van der Waals surface area contributed by atoms with E-state index >= 15 is 0 Å². The van der Waals surface area contributed by atoms with Gasteiger partial charge in [-0.15, -0.1) is 0 Å². The lowest BCUT2D eigenvalue weighted by molar-refractivity contribution is 0.0663. The Morgan fingerprint density at radius 2 is 2.11 bits per heavy atom. The monoisotopic (exact) mass is 256 g/mol. The van der Waals surface area contributed by atoms with Crippen LogP contribution in [0.5, 0.6) is 0 Å². The molecule has 2 aromatic rings. The fourth-order valence-corrected chi connectivity index (χ4v) is 2.44. The predicted octanol–water partition coefficient (Wildman–Crippen LogP) is 3.26. The van der Waals surface area contributed by atoms with Crippen molar-refractivity contribution in [2.45, 2.75) is 19.5 Å². The lowest BCUT2D eigenvalue weighted by Crippen LogP contribution is -2.43. The number of para-hydroxylation sites is 1. The summed E-state index contributed by atoms with van der Waals surface area (Å²) in [4.78, 5) is 14.4. The molecular weight excluding hydrogens is 240 g/mol. The van der Waals surface area contributed by atoms with Gasteiger partial charge in [-0.3, -0.25) is 4.79 Å². The number of fused-ring (bicyclic) bond motifs is 1. The van der Waals surface area contributed by atoms with E-state index in [0.717, 1.165) is 23.4 Å². The summed E-state index contributed by atoms with van der Waals surface area (Å²) in [6.45, 7) is 2.76. The SMILES string of the molecule is CCCN1C(=O)c2ccccc2NC1c1ccco1. The minimum atomic E-state index is -0.225. The first-order valence-electron chi connectivity index (χ1n) is 6.51. The van der Waals surface area contributed by atoms with Gasteiger partial charge in [0.05, 0.1) is 11.8 Å². The van der Waals surface area contributed by atoms with Gasteiger partial charge in [-0.25, -0.2) is 0 Å². The molecule has 19 heavy (non-hydrogen) atoms. The average Bonchev–Trinajstić information content (AvgIpc) is 2.96. The molecule has 3 rings (SSSR count). The zero-order valence-corrected chi connectivity index (χ0v) is 10.8. The van der Waals surface area contributed by atoms with Gasteiger partial charge in [0.25, 0.3) is 5.91 Å². The molecule has 1 atom stereocenters. The van der Waals surface area contributed by atoms with E-state index < -0.39 is 0 Å². The second kappa shape index (κ2) is 4.80. The number of carbonyl (C=O) groups excluding carboxylic acids is 1. The van der Waals surface area contributed by atoms with Crippen LogP contribution in [0.15, 0.2) is 47.1 Å². The molecule has 1 aromatic carbocycles. The molecule has 98 valence electrons. The van der Waals surface area contributed by atoms with Gasteiger partial charge in [-0.05, 0) is 30.7 Å². The summed E-state index contributed by atoms with van der Waals surface area (Å²) in [5, 5.41) is 3.38. The molecule has 1 N–H and O–H groups in total.